The molecular weight excluding hydrogens is 244 g/mol. The summed E-state index contributed by atoms with van der Waals surface area (Å²) in [6, 6.07) is 4.27. The summed E-state index contributed by atoms with van der Waals surface area (Å²) in [6.45, 7) is 2.83. The normalized spacial score (nSPS) is 14.7. The minimum atomic E-state index is 0.0519. The molecule has 2 atom stereocenters. The van der Waals surface area contributed by atoms with Crippen LogP contribution in [-0.4, -0.2) is 28.0 Å². The summed E-state index contributed by atoms with van der Waals surface area (Å²) in [5.74, 6) is 0. The second-order valence-corrected chi connectivity index (χ2v) is 5.20. The van der Waals surface area contributed by atoms with Crippen LogP contribution in [-0.2, 0) is 6.54 Å². The maximum atomic E-state index is 6.12. The first-order valence-corrected chi connectivity index (χ1v) is 6.85. The van der Waals surface area contributed by atoms with Crippen molar-refractivity contribution in [1.82, 2.24) is 14.9 Å². The number of hydrogen-bond donors (Lipinski definition) is 1. The highest BCUT2D eigenvalue weighted by atomic mass is 32.1. The lowest BCUT2D eigenvalue weighted by Gasteiger charge is -2.30. The van der Waals surface area contributed by atoms with E-state index >= 15 is 0 Å². The van der Waals surface area contributed by atoms with E-state index in [4.69, 9.17) is 5.73 Å². The maximum absolute atomic E-state index is 6.12. The molecule has 2 unspecified atom stereocenters. The monoisotopic (exact) mass is 262 g/mol. The Kier molecular flexibility index (Phi) is 4.41. The molecule has 0 amide bonds. The Labute approximate surface area is 111 Å². The molecule has 2 aromatic rings. The molecule has 0 saturated carbocycles. The van der Waals surface area contributed by atoms with Crippen molar-refractivity contribution in [1.29, 1.82) is 0 Å². The number of aromatic nitrogens is 2. The third-order valence-corrected chi connectivity index (χ3v) is 3.55. The zero-order valence-electron chi connectivity index (χ0n) is 10.7. The van der Waals surface area contributed by atoms with Crippen LogP contribution in [0.25, 0.3) is 0 Å². The molecule has 2 heterocycles. The van der Waals surface area contributed by atoms with Gasteiger partial charge in [-0.25, -0.2) is 4.98 Å². The van der Waals surface area contributed by atoms with Gasteiger partial charge in [0.25, 0.3) is 0 Å². The minimum Gasteiger partial charge on any atom is -0.326 e. The second kappa shape index (κ2) is 6.04. The molecule has 2 aromatic heterocycles. The van der Waals surface area contributed by atoms with Crippen molar-refractivity contribution in [2.75, 3.05) is 7.05 Å². The summed E-state index contributed by atoms with van der Waals surface area (Å²) in [5.41, 5.74) is 10.3. The summed E-state index contributed by atoms with van der Waals surface area (Å²) in [5, 5.41) is 2.07. The predicted molar refractivity (Wildman–Crippen MR) is 74.2 cm³/mol. The molecule has 2 N–H and O–H groups in total. The first kappa shape index (κ1) is 13.1. The quantitative estimate of drug-likeness (QED) is 0.896. The number of likely N-dealkylation sites (N-methyl/N-ethyl adjacent to an activating group) is 1. The van der Waals surface area contributed by atoms with E-state index in [0.29, 0.717) is 0 Å². The Bertz CT molecular complexity index is 455. The van der Waals surface area contributed by atoms with Crippen LogP contribution >= 0.6 is 11.3 Å². The van der Waals surface area contributed by atoms with Gasteiger partial charge in [-0.15, -0.1) is 11.3 Å². The Morgan fingerprint density at radius 1 is 1.39 bits per heavy atom. The number of nitrogens with two attached hydrogens (primary N) is 1. The van der Waals surface area contributed by atoms with E-state index < -0.39 is 0 Å². The van der Waals surface area contributed by atoms with Crippen LogP contribution in [0.15, 0.2) is 35.4 Å². The van der Waals surface area contributed by atoms with Crippen molar-refractivity contribution < 1.29 is 0 Å². The Morgan fingerprint density at radius 3 is 2.67 bits per heavy atom. The zero-order valence-corrected chi connectivity index (χ0v) is 11.5. The smallest absolute Gasteiger partial charge is 0.0795 e. The summed E-state index contributed by atoms with van der Waals surface area (Å²) < 4.78 is 0. The number of rotatable bonds is 5. The van der Waals surface area contributed by atoms with Crippen LogP contribution in [0, 0.1) is 0 Å². The average Bonchev–Trinajstić information content (AvgIpc) is 2.83. The molecule has 0 aliphatic carbocycles. The van der Waals surface area contributed by atoms with Crippen molar-refractivity contribution in [3.63, 3.8) is 0 Å². The average molecular weight is 262 g/mol. The summed E-state index contributed by atoms with van der Waals surface area (Å²) in [4.78, 5) is 10.6. The van der Waals surface area contributed by atoms with E-state index in [1.807, 2.05) is 24.6 Å². The summed E-state index contributed by atoms with van der Waals surface area (Å²) in [7, 11) is 2.08. The Balaban J connectivity index is 2.15. The van der Waals surface area contributed by atoms with E-state index in [0.717, 1.165) is 12.2 Å². The van der Waals surface area contributed by atoms with Crippen LogP contribution in [0.2, 0.25) is 0 Å². The fourth-order valence-corrected chi connectivity index (χ4v) is 2.74. The molecule has 96 valence electrons. The van der Waals surface area contributed by atoms with Gasteiger partial charge < -0.3 is 5.73 Å². The predicted octanol–water partition coefficient (Wildman–Crippen LogP) is 2.06. The van der Waals surface area contributed by atoms with Gasteiger partial charge in [0, 0.05) is 36.4 Å². The van der Waals surface area contributed by atoms with Gasteiger partial charge in [0.2, 0.25) is 0 Å². The second-order valence-electron chi connectivity index (χ2n) is 4.48. The maximum Gasteiger partial charge on any atom is 0.0795 e. The molecule has 4 nitrogen and oxygen atoms in total. The first-order chi connectivity index (χ1) is 8.68. The molecule has 2 rings (SSSR count). The Morgan fingerprint density at radius 2 is 2.11 bits per heavy atom. The van der Waals surface area contributed by atoms with Gasteiger partial charge in [-0.1, -0.05) is 0 Å². The van der Waals surface area contributed by atoms with Crippen molar-refractivity contribution in [2.45, 2.75) is 25.6 Å². The van der Waals surface area contributed by atoms with Gasteiger partial charge in [-0.2, -0.15) is 0 Å². The van der Waals surface area contributed by atoms with Gasteiger partial charge in [-0.3, -0.25) is 9.88 Å². The van der Waals surface area contributed by atoms with Crippen molar-refractivity contribution in [3.8, 4) is 0 Å². The molecule has 0 aromatic carbocycles. The standard InChI is InChI=1S/C13H18N4S/c1-10(14)13(11-3-5-15-6-4-11)17(2)7-12-8-18-9-16-12/h3-6,8-10,13H,7,14H2,1-2H3. The van der Waals surface area contributed by atoms with Crippen LogP contribution in [0.5, 0.6) is 0 Å². The van der Waals surface area contributed by atoms with E-state index in [1.165, 1.54) is 5.56 Å². The zero-order chi connectivity index (χ0) is 13.0. The Hall–Kier alpha value is -1.30. The van der Waals surface area contributed by atoms with E-state index in [9.17, 15) is 0 Å². The number of thiazole rings is 1. The molecular formula is C13H18N4S. The number of nitrogens with zero attached hydrogens (tertiary/aromatic N) is 3. The van der Waals surface area contributed by atoms with Crippen LogP contribution in [0.4, 0.5) is 0 Å². The molecule has 0 aliphatic heterocycles. The topological polar surface area (TPSA) is 55.0 Å². The fourth-order valence-electron chi connectivity index (χ4n) is 2.19. The third-order valence-electron chi connectivity index (χ3n) is 2.92. The van der Waals surface area contributed by atoms with Gasteiger partial charge in [0.15, 0.2) is 0 Å². The number of pyridine rings is 1. The highest BCUT2D eigenvalue weighted by Gasteiger charge is 2.21. The van der Waals surface area contributed by atoms with Gasteiger partial charge in [0.1, 0.15) is 0 Å². The summed E-state index contributed by atoms with van der Waals surface area (Å²) >= 11 is 1.62. The van der Waals surface area contributed by atoms with Crippen LogP contribution in [0.1, 0.15) is 24.2 Å². The lowest BCUT2D eigenvalue weighted by Crippen LogP contribution is -2.37. The lowest BCUT2D eigenvalue weighted by atomic mass is 10.0. The molecule has 0 radical (unpaired) electrons. The lowest BCUT2D eigenvalue weighted by molar-refractivity contribution is 0.209. The highest BCUT2D eigenvalue weighted by molar-refractivity contribution is 7.07. The largest absolute Gasteiger partial charge is 0.326 e. The molecule has 18 heavy (non-hydrogen) atoms. The minimum absolute atomic E-state index is 0.0519. The van der Waals surface area contributed by atoms with E-state index in [-0.39, 0.29) is 12.1 Å². The van der Waals surface area contributed by atoms with Gasteiger partial charge >= 0.3 is 0 Å². The van der Waals surface area contributed by atoms with Gasteiger partial charge in [-0.05, 0) is 31.7 Å². The SMILES string of the molecule is CC(N)C(c1ccncc1)N(C)Cc1cscn1. The first-order valence-electron chi connectivity index (χ1n) is 5.91. The fraction of sp³-hybridized carbons (Fsp3) is 0.385. The molecule has 0 spiro atoms. The van der Waals surface area contributed by atoms with Crippen LogP contribution < -0.4 is 5.73 Å². The van der Waals surface area contributed by atoms with Gasteiger partial charge in [0.05, 0.1) is 11.2 Å². The van der Waals surface area contributed by atoms with Crippen molar-refractivity contribution in [2.24, 2.45) is 5.73 Å². The van der Waals surface area contributed by atoms with Crippen LogP contribution in [0.3, 0.4) is 0 Å². The molecule has 0 saturated heterocycles. The molecule has 0 bridgehead atoms. The number of hydrogen-bond acceptors (Lipinski definition) is 5. The van der Waals surface area contributed by atoms with E-state index in [1.54, 1.807) is 23.7 Å². The molecule has 5 heteroatoms. The van der Waals surface area contributed by atoms with Crippen molar-refractivity contribution in [3.05, 3.63) is 46.7 Å². The summed E-state index contributed by atoms with van der Waals surface area (Å²) in [6.07, 6.45) is 3.61. The van der Waals surface area contributed by atoms with E-state index in [2.05, 4.69) is 27.3 Å². The highest BCUT2D eigenvalue weighted by Crippen LogP contribution is 2.23. The molecule has 0 aliphatic rings. The van der Waals surface area contributed by atoms with Crippen molar-refractivity contribution >= 4 is 11.3 Å². The third kappa shape index (κ3) is 3.13. The molecule has 0 fully saturated rings.